The van der Waals surface area contributed by atoms with Crippen LogP contribution in [0.4, 0.5) is 5.69 Å². The Morgan fingerprint density at radius 2 is 2.11 bits per heavy atom. The number of rotatable bonds is 5. The van der Waals surface area contributed by atoms with Crippen LogP contribution in [0.5, 0.6) is 0 Å². The van der Waals surface area contributed by atoms with Gasteiger partial charge in [-0.05, 0) is 31.5 Å². The number of nitrogens with two attached hydrogens (primary N) is 1. The van der Waals surface area contributed by atoms with E-state index in [4.69, 9.17) is 22.1 Å². The molecule has 1 aromatic carbocycles. The van der Waals surface area contributed by atoms with Crippen molar-refractivity contribution >= 4 is 27.3 Å². The molecule has 102 valence electrons. The van der Waals surface area contributed by atoms with Crippen molar-refractivity contribution in [3.63, 3.8) is 0 Å². The highest BCUT2D eigenvalue weighted by Crippen LogP contribution is 2.26. The zero-order valence-electron chi connectivity index (χ0n) is 10.5. The van der Waals surface area contributed by atoms with E-state index in [-0.39, 0.29) is 16.6 Å². The van der Waals surface area contributed by atoms with Gasteiger partial charge in [-0.3, -0.25) is 0 Å². The monoisotopic (exact) mass is 292 g/mol. The number of halogens is 1. The maximum atomic E-state index is 12.1. The average Bonchev–Trinajstić information content (AvgIpc) is 2.22. The molecule has 5 nitrogen and oxygen atoms in total. The fourth-order valence-electron chi connectivity index (χ4n) is 1.57. The smallest absolute Gasteiger partial charge is 0.241 e. The van der Waals surface area contributed by atoms with Crippen LogP contribution in [-0.2, 0) is 14.8 Å². The van der Waals surface area contributed by atoms with E-state index in [9.17, 15) is 8.42 Å². The number of nitrogen functional groups attached to an aromatic ring is 1. The topological polar surface area (TPSA) is 81.4 Å². The van der Waals surface area contributed by atoms with Gasteiger partial charge in [0.25, 0.3) is 0 Å². The third-order valence-corrected chi connectivity index (χ3v) is 4.42. The summed E-state index contributed by atoms with van der Waals surface area (Å²) in [6, 6.07) is 2.57. The molecular formula is C11H17ClN2O3S. The highest BCUT2D eigenvalue weighted by molar-refractivity contribution is 7.89. The lowest BCUT2D eigenvalue weighted by atomic mass is 10.2. The Labute approximate surface area is 112 Å². The number of benzene rings is 1. The molecule has 7 heteroatoms. The lowest BCUT2D eigenvalue weighted by molar-refractivity contribution is 0.180. The van der Waals surface area contributed by atoms with Crippen LogP contribution in [0.3, 0.4) is 0 Å². The zero-order chi connectivity index (χ0) is 13.9. The van der Waals surface area contributed by atoms with E-state index >= 15 is 0 Å². The molecule has 0 bridgehead atoms. The quantitative estimate of drug-likeness (QED) is 0.807. The molecule has 1 atom stereocenters. The Bertz CT molecular complexity index is 531. The highest BCUT2D eigenvalue weighted by atomic mass is 35.5. The van der Waals surface area contributed by atoms with E-state index in [1.807, 2.05) is 0 Å². The van der Waals surface area contributed by atoms with Crippen LogP contribution in [-0.4, -0.2) is 28.2 Å². The lowest BCUT2D eigenvalue weighted by Gasteiger charge is -2.15. The Balaban J connectivity index is 3.09. The molecular weight excluding hydrogens is 276 g/mol. The van der Waals surface area contributed by atoms with Gasteiger partial charge in [0.1, 0.15) is 0 Å². The summed E-state index contributed by atoms with van der Waals surface area (Å²) in [5.74, 6) is 0. The van der Waals surface area contributed by atoms with Crippen molar-refractivity contribution in [1.29, 1.82) is 0 Å². The molecule has 0 aliphatic carbocycles. The zero-order valence-corrected chi connectivity index (χ0v) is 12.1. The van der Waals surface area contributed by atoms with Gasteiger partial charge in [0.05, 0.1) is 22.2 Å². The van der Waals surface area contributed by atoms with Gasteiger partial charge in [0, 0.05) is 13.2 Å². The summed E-state index contributed by atoms with van der Waals surface area (Å²) in [5, 5.41) is 0.344. The first kappa shape index (κ1) is 15.2. The Kier molecular flexibility index (Phi) is 4.98. The number of aryl methyl sites for hydroxylation is 1. The molecule has 3 N–H and O–H groups in total. The molecule has 0 spiro atoms. The number of anilines is 1. The number of ether oxygens (including phenoxy) is 1. The summed E-state index contributed by atoms with van der Waals surface area (Å²) in [6.07, 6.45) is 0. The third-order valence-electron chi connectivity index (χ3n) is 2.36. The average molecular weight is 293 g/mol. The molecule has 0 amide bonds. The van der Waals surface area contributed by atoms with Crippen molar-refractivity contribution in [1.82, 2.24) is 4.72 Å². The van der Waals surface area contributed by atoms with Crippen LogP contribution in [0, 0.1) is 6.92 Å². The molecule has 0 radical (unpaired) electrons. The fraction of sp³-hybridized carbons (Fsp3) is 0.455. The second-order valence-electron chi connectivity index (χ2n) is 4.12. The molecule has 1 rings (SSSR count). The molecule has 18 heavy (non-hydrogen) atoms. The van der Waals surface area contributed by atoms with Gasteiger partial charge in [0.2, 0.25) is 10.0 Å². The molecule has 0 aliphatic heterocycles. The van der Waals surface area contributed by atoms with Crippen molar-refractivity contribution in [2.24, 2.45) is 0 Å². The summed E-state index contributed by atoms with van der Waals surface area (Å²) in [7, 11) is -2.11. The third kappa shape index (κ3) is 3.58. The Hall–Kier alpha value is -0.820. The summed E-state index contributed by atoms with van der Waals surface area (Å²) in [4.78, 5) is 0.132. The Morgan fingerprint density at radius 1 is 1.50 bits per heavy atom. The number of hydrogen-bond acceptors (Lipinski definition) is 4. The molecule has 0 heterocycles. The van der Waals surface area contributed by atoms with Crippen molar-refractivity contribution in [3.8, 4) is 0 Å². The first-order valence-corrected chi connectivity index (χ1v) is 7.21. The van der Waals surface area contributed by atoms with Crippen molar-refractivity contribution in [2.45, 2.75) is 24.8 Å². The second-order valence-corrected chi connectivity index (χ2v) is 6.21. The van der Waals surface area contributed by atoms with E-state index in [1.165, 1.54) is 19.2 Å². The normalized spacial score (nSPS) is 13.6. The maximum Gasteiger partial charge on any atom is 0.241 e. The molecule has 0 fully saturated rings. The predicted molar refractivity (Wildman–Crippen MR) is 72.3 cm³/mol. The van der Waals surface area contributed by atoms with Gasteiger partial charge in [-0.15, -0.1) is 0 Å². The van der Waals surface area contributed by atoms with Gasteiger partial charge in [-0.2, -0.15) is 0 Å². The predicted octanol–water partition coefficient (Wildman–Crippen LogP) is 1.54. The Morgan fingerprint density at radius 3 is 2.67 bits per heavy atom. The number of nitrogens with one attached hydrogen (secondary N) is 1. The minimum absolute atomic E-state index is 0.132. The van der Waals surface area contributed by atoms with E-state index in [0.29, 0.717) is 17.2 Å². The van der Waals surface area contributed by atoms with E-state index in [2.05, 4.69) is 4.72 Å². The molecule has 0 saturated heterocycles. The molecule has 0 saturated carbocycles. The second kappa shape index (κ2) is 5.88. The van der Waals surface area contributed by atoms with Crippen LogP contribution in [0.25, 0.3) is 0 Å². The van der Waals surface area contributed by atoms with Crippen molar-refractivity contribution < 1.29 is 13.2 Å². The summed E-state index contributed by atoms with van der Waals surface area (Å²) < 4.78 is 31.7. The SMILES string of the molecule is COCC(C)NS(=O)(=O)c1cc(N)c(Cl)cc1C. The minimum Gasteiger partial charge on any atom is -0.397 e. The van der Waals surface area contributed by atoms with Crippen LogP contribution >= 0.6 is 11.6 Å². The summed E-state index contributed by atoms with van der Waals surface area (Å²) in [5.41, 5.74) is 6.41. The van der Waals surface area contributed by atoms with Crippen LogP contribution < -0.4 is 10.5 Å². The summed E-state index contributed by atoms with van der Waals surface area (Å²) in [6.45, 7) is 3.68. The number of hydrogen-bond donors (Lipinski definition) is 2. The van der Waals surface area contributed by atoms with Gasteiger partial charge < -0.3 is 10.5 Å². The van der Waals surface area contributed by atoms with Crippen LogP contribution in [0.15, 0.2) is 17.0 Å². The van der Waals surface area contributed by atoms with E-state index in [0.717, 1.165) is 0 Å². The van der Waals surface area contributed by atoms with Gasteiger partial charge >= 0.3 is 0 Å². The van der Waals surface area contributed by atoms with Crippen molar-refractivity contribution in [2.75, 3.05) is 19.5 Å². The highest BCUT2D eigenvalue weighted by Gasteiger charge is 2.20. The maximum absolute atomic E-state index is 12.1. The summed E-state index contributed by atoms with van der Waals surface area (Å²) >= 11 is 5.83. The number of sulfonamides is 1. The van der Waals surface area contributed by atoms with Crippen molar-refractivity contribution in [3.05, 3.63) is 22.7 Å². The van der Waals surface area contributed by atoms with Gasteiger partial charge in [0.15, 0.2) is 0 Å². The van der Waals surface area contributed by atoms with E-state index in [1.54, 1.807) is 13.8 Å². The minimum atomic E-state index is -3.62. The van der Waals surface area contributed by atoms with Crippen LogP contribution in [0.1, 0.15) is 12.5 Å². The first-order chi connectivity index (χ1) is 8.27. The van der Waals surface area contributed by atoms with Gasteiger partial charge in [-0.1, -0.05) is 11.6 Å². The molecule has 0 aliphatic rings. The number of methoxy groups -OCH3 is 1. The molecule has 0 aromatic heterocycles. The van der Waals surface area contributed by atoms with E-state index < -0.39 is 10.0 Å². The largest absolute Gasteiger partial charge is 0.397 e. The standard InChI is InChI=1S/C11H17ClN2O3S/c1-7-4-9(12)10(13)5-11(7)18(15,16)14-8(2)6-17-3/h4-5,8,14H,6,13H2,1-3H3. The molecule has 1 unspecified atom stereocenters. The lowest BCUT2D eigenvalue weighted by Crippen LogP contribution is -2.35. The molecule has 1 aromatic rings. The van der Waals surface area contributed by atoms with Gasteiger partial charge in [-0.25, -0.2) is 13.1 Å². The fourth-order valence-corrected chi connectivity index (χ4v) is 3.28. The first-order valence-electron chi connectivity index (χ1n) is 5.35. The van der Waals surface area contributed by atoms with Crippen LogP contribution in [0.2, 0.25) is 5.02 Å².